The summed E-state index contributed by atoms with van der Waals surface area (Å²) in [5.74, 6) is -1.05. The minimum atomic E-state index is -0.806. The number of aromatic nitrogens is 2. The number of hydrogen-bond donors (Lipinski definition) is 2. The molecular formula is C9H11N3O2. The molecule has 3 N–H and O–H groups in total. The quantitative estimate of drug-likeness (QED) is 0.680. The molecule has 1 aliphatic carbocycles. The number of aryl methyl sites for hydroxylation is 1. The first-order chi connectivity index (χ1) is 6.68. The fraction of sp³-hybridized carbons (Fsp3) is 0.444. The first kappa shape index (κ1) is 8.93. The van der Waals surface area contributed by atoms with Crippen LogP contribution < -0.4 is 5.73 Å². The minimum absolute atomic E-state index is 0.217. The maximum Gasteiger partial charge on any atom is 0.311 e. The van der Waals surface area contributed by atoms with Crippen LogP contribution in [0, 0.1) is 0 Å². The van der Waals surface area contributed by atoms with Crippen molar-refractivity contribution in [1.82, 2.24) is 9.97 Å². The smallest absolute Gasteiger partial charge is 0.311 e. The van der Waals surface area contributed by atoms with Crippen LogP contribution >= 0.6 is 0 Å². The highest BCUT2D eigenvalue weighted by Gasteiger charge is 2.27. The Morgan fingerprint density at radius 1 is 1.64 bits per heavy atom. The lowest BCUT2D eigenvalue weighted by Crippen LogP contribution is -2.20. The van der Waals surface area contributed by atoms with Crippen molar-refractivity contribution in [3.63, 3.8) is 0 Å². The van der Waals surface area contributed by atoms with Gasteiger partial charge in [0.25, 0.3) is 0 Å². The highest BCUT2D eigenvalue weighted by Crippen LogP contribution is 2.30. The van der Waals surface area contributed by atoms with Crippen LogP contribution in [-0.2, 0) is 11.2 Å². The molecular weight excluding hydrogens is 182 g/mol. The molecule has 1 unspecified atom stereocenters. The minimum Gasteiger partial charge on any atom is -0.481 e. The van der Waals surface area contributed by atoms with Crippen LogP contribution in [-0.4, -0.2) is 21.0 Å². The van der Waals surface area contributed by atoms with E-state index in [9.17, 15) is 4.79 Å². The van der Waals surface area contributed by atoms with Crippen molar-refractivity contribution >= 4 is 11.9 Å². The summed E-state index contributed by atoms with van der Waals surface area (Å²) in [5.41, 5.74) is 6.94. The fourth-order valence-corrected chi connectivity index (χ4v) is 1.82. The number of carboxylic acids is 1. The molecule has 0 saturated carbocycles. The largest absolute Gasteiger partial charge is 0.481 e. The molecule has 1 aromatic heterocycles. The van der Waals surface area contributed by atoms with E-state index >= 15 is 0 Å². The van der Waals surface area contributed by atoms with Gasteiger partial charge < -0.3 is 10.8 Å². The molecule has 14 heavy (non-hydrogen) atoms. The maximum atomic E-state index is 10.9. The van der Waals surface area contributed by atoms with Gasteiger partial charge in [-0.3, -0.25) is 4.79 Å². The van der Waals surface area contributed by atoms with Gasteiger partial charge in [0.15, 0.2) is 0 Å². The van der Waals surface area contributed by atoms with Gasteiger partial charge in [0, 0.05) is 11.8 Å². The standard InChI is InChI=1S/C9H11N3O2/c10-9-11-4-6-5(8(13)14)2-1-3-7(6)12-9/h4-5H,1-3H2,(H,13,14)(H2,10,11,12). The number of anilines is 1. The Kier molecular flexibility index (Phi) is 2.07. The third-order valence-corrected chi connectivity index (χ3v) is 2.50. The fourth-order valence-electron chi connectivity index (χ4n) is 1.82. The number of nitrogens with two attached hydrogens (primary N) is 1. The van der Waals surface area contributed by atoms with Crippen molar-refractivity contribution in [2.45, 2.75) is 25.2 Å². The number of rotatable bonds is 1. The summed E-state index contributed by atoms with van der Waals surface area (Å²) < 4.78 is 0. The molecule has 1 atom stereocenters. The second-order valence-electron chi connectivity index (χ2n) is 3.41. The Morgan fingerprint density at radius 2 is 2.43 bits per heavy atom. The van der Waals surface area contributed by atoms with E-state index in [1.54, 1.807) is 0 Å². The van der Waals surface area contributed by atoms with Crippen LogP contribution in [0.1, 0.15) is 30.0 Å². The molecule has 0 radical (unpaired) electrons. The van der Waals surface area contributed by atoms with Crippen LogP contribution in [0.3, 0.4) is 0 Å². The molecule has 0 aromatic carbocycles. The van der Waals surface area contributed by atoms with E-state index in [-0.39, 0.29) is 5.95 Å². The molecule has 1 aromatic rings. The van der Waals surface area contributed by atoms with Crippen molar-refractivity contribution in [2.75, 3.05) is 5.73 Å². The van der Waals surface area contributed by atoms with Gasteiger partial charge in [0.05, 0.1) is 11.6 Å². The number of hydrogen-bond acceptors (Lipinski definition) is 4. The summed E-state index contributed by atoms with van der Waals surface area (Å²) >= 11 is 0. The Hall–Kier alpha value is -1.65. The van der Waals surface area contributed by atoms with E-state index in [1.165, 1.54) is 6.20 Å². The molecule has 74 valence electrons. The third-order valence-electron chi connectivity index (χ3n) is 2.50. The van der Waals surface area contributed by atoms with E-state index in [0.717, 1.165) is 24.1 Å². The second kappa shape index (κ2) is 3.25. The molecule has 5 nitrogen and oxygen atoms in total. The Labute approximate surface area is 81.0 Å². The van der Waals surface area contributed by atoms with Crippen LogP contribution in [0.25, 0.3) is 0 Å². The van der Waals surface area contributed by atoms with E-state index in [4.69, 9.17) is 10.8 Å². The average molecular weight is 193 g/mol. The SMILES string of the molecule is Nc1ncc2c(n1)CCCC2C(=O)O. The number of carboxylic acid groups (broad SMARTS) is 1. The number of aliphatic carboxylic acids is 1. The van der Waals surface area contributed by atoms with Gasteiger partial charge in [0.1, 0.15) is 0 Å². The maximum absolute atomic E-state index is 10.9. The zero-order valence-electron chi connectivity index (χ0n) is 7.60. The number of carbonyl (C=O) groups is 1. The molecule has 0 aliphatic heterocycles. The zero-order valence-corrected chi connectivity index (χ0v) is 7.60. The topological polar surface area (TPSA) is 89.1 Å². The van der Waals surface area contributed by atoms with Crippen LogP contribution in [0.15, 0.2) is 6.20 Å². The van der Waals surface area contributed by atoms with Crippen molar-refractivity contribution in [3.05, 3.63) is 17.5 Å². The molecule has 0 amide bonds. The normalized spacial score (nSPS) is 20.1. The molecule has 2 rings (SSSR count). The first-order valence-corrected chi connectivity index (χ1v) is 4.52. The van der Waals surface area contributed by atoms with E-state index in [1.807, 2.05) is 0 Å². The highest BCUT2D eigenvalue weighted by atomic mass is 16.4. The Balaban J connectivity index is 2.44. The van der Waals surface area contributed by atoms with E-state index in [0.29, 0.717) is 6.42 Å². The zero-order chi connectivity index (χ0) is 10.1. The predicted octanol–water partition coefficient (Wildman–Crippen LogP) is 0.563. The molecule has 0 bridgehead atoms. The average Bonchev–Trinajstić information content (AvgIpc) is 2.16. The monoisotopic (exact) mass is 193 g/mol. The van der Waals surface area contributed by atoms with Crippen LogP contribution in [0.4, 0.5) is 5.95 Å². The summed E-state index contributed by atoms with van der Waals surface area (Å²) in [5, 5.41) is 8.97. The van der Waals surface area contributed by atoms with Crippen molar-refractivity contribution in [1.29, 1.82) is 0 Å². The lowest BCUT2D eigenvalue weighted by Gasteiger charge is -2.20. The number of nitrogens with zero attached hydrogens (tertiary/aromatic N) is 2. The number of nitrogen functional groups attached to an aromatic ring is 1. The highest BCUT2D eigenvalue weighted by molar-refractivity contribution is 5.76. The van der Waals surface area contributed by atoms with E-state index in [2.05, 4.69) is 9.97 Å². The lowest BCUT2D eigenvalue weighted by atomic mass is 9.87. The molecule has 0 spiro atoms. The van der Waals surface area contributed by atoms with Crippen LogP contribution in [0.2, 0.25) is 0 Å². The summed E-state index contributed by atoms with van der Waals surface area (Å²) in [7, 11) is 0. The van der Waals surface area contributed by atoms with E-state index < -0.39 is 11.9 Å². The summed E-state index contributed by atoms with van der Waals surface area (Å²) in [6.07, 6.45) is 3.84. The Morgan fingerprint density at radius 3 is 3.14 bits per heavy atom. The number of fused-ring (bicyclic) bond motifs is 1. The van der Waals surface area contributed by atoms with Gasteiger partial charge in [-0.2, -0.15) is 0 Å². The van der Waals surface area contributed by atoms with Gasteiger partial charge >= 0.3 is 5.97 Å². The molecule has 0 fully saturated rings. The van der Waals surface area contributed by atoms with Crippen molar-refractivity contribution in [3.8, 4) is 0 Å². The van der Waals surface area contributed by atoms with Gasteiger partial charge in [-0.15, -0.1) is 0 Å². The van der Waals surface area contributed by atoms with Crippen molar-refractivity contribution < 1.29 is 9.90 Å². The van der Waals surface area contributed by atoms with Crippen molar-refractivity contribution in [2.24, 2.45) is 0 Å². The summed E-state index contributed by atoms with van der Waals surface area (Å²) in [6.45, 7) is 0. The third kappa shape index (κ3) is 1.41. The summed E-state index contributed by atoms with van der Waals surface area (Å²) in [4.78, 5) is 18.8. The summed E-state index contributed by atoms with van der Waals surface area (Å²) in [6, 6.07) is 0. The van der Waals surface area contributed by atoms with Gasteiger partial charge in [-0.25, -0.2) is 9.97 Å². The predicted molar refractivity (Wildman–Crippen MR) is 49.8 cm³/mol. The second-order valence-corrected chi connectivity index (χ2v) is 3.41. The Bertz CT molecular complexity index is 378. The van der Waals surface area contributed by atoms with Gasteiger partial charge in [0.2, 0.25) is 5.95 Å². The first-order valence-electron chi connectivity index (χ1n) is 4.52. The van der Waals surface area contributed by atoms with Gasteiger partial charge in [-0.05, 0) is 19.3 Å². The van der Waals surface area contributed by atoms with Gasteiger partial charge in [-0.1, -0.05) is 0 Å². The molecule has 1 heterocycles. The lowest BCUT2D eigenvalue weighted by molar-refractivity contribution is -0.139. The molecule has 5 heteroatoms. The van der Waals surface area contributed by atoms with Crippen LogP contribution in [0.5, 0.6) is 0 Å². The molecule has 0 saturated heterocycles. The molecule has 1 aliphatic rings.